The van der Waals surface area contributed by atoms with Crippen molar-refractivity contribution >= 4 is 5.91 Å². The number of aromatic nitrogens is 2. The van der Waals surface area contributed by atoms with Gasteiger partial charge < -0.3 is 9.64 Å². The predicted molar refractivity (Wildman–Crippen MR) is 93.2 cm³/mol. The molecule has 0 aliphatic carbocycles. The van der Waals surface area contributed by atoms with Crippen LogP contribution in [0.2, 0.25) is 0 Å². The highest BCUT2D eigenvalue weighted by atomic mass is 16.5. The highest BCUT2D eigenvalue weighted by Gasteiger charge is 2.27. The Labute approximate surface area is 143 Å². The normalized spacial score (nSPS) is 17.2. The van der Waals surface area contributed by atoms with Crippen LogP contribution in [0.3, 0.4) is 0 Å². The molecule has 1 saturated heterocycles. The van der Waals surface area contributed by atoms with Gasteiger partial charge in [0.2, 0.25) is 0 Å². The highest BCUT2D eigenvalue weighted by Crippen LogP contribution is 2.22. The summed E-state index contributed by atoms with van der Waals surface area (Å²) >= 11 is 0. The number of benzene rings is 1. The van der Waals surface area contributed by atoms with Gasteiger partial charge in [-0.3, -0.25) is 9.48 Å². The molecule has 1 unspecified atom stereocenters. The molecule has 24 heavy (non-hydrogen) atoms. The van der Waals surface area contributed by atoms with Gasteiger partial charge >= 0.3 is 0 Å². The third kappa shape index (κ3) is 3.96. The molecule has 0 spiro atoms. The van der Waals surface area contributed by atoms with Gasteiger partial charge in [-0.2, -0.15) is 5.10 Å². The molecule has 1 aromatic carbocycles. The SMILES string of the molecule is CCn1ccc(C(=O)N2CCC(CCOc3ccc(C)cc3)C2)n1. The Hall–Kier alpha value is -2.30. The molecule has 3 rings (SSSR count). The van der Waals surface area contributed by atoms with Gasteiger partial charge in [0.25, 0.3) is 5.91 Å². The van der Waals surface area contributed by atoms with Crippen molar-refractivity contribution in [1.82, 2.24) is 14.7 Å². The summed E-state index contributed by atoms with van der Waals surface area (Å²) in [5, 5.41) is 4.31. The van der Waals surface area contributed by atoms with Gasteiger partial charge in [0.15, 0.2) is 0 Å². The number of rotatable bonds is 6. The average Bonchev–Trinajstić information content (AvgIpc) is 3.25. The Morgan fingerprint density at radius 2 is 2.08 bits per heavy atom. The number of amides is 1. The second kappa shape index (κ2) is 7.51. The Bertz CT molecular complexity index is 678. The lowest BCUT2D eigenvalue weighted by molar-refractivity contribution is 0.0778. The van der Waals surface area contributed by atoms with Crippen molar-refractivity contribution < 1.29 is 9.53 Å². The van der Waals surface area contributed by atoms with Gasteiger partial charge in [-0.25, -0.2) is 0 Å². The topological polar surface area (TPSA) is 47.4 Å². The Morgan fingerprint density at radius 1 is 1.29 bits per heavy atom. The fraction of sp³-hybridized carbons (Fsp3) is 0.474. The molecule has 2 aromatic rings. The lowest BCUT2D eigenvalue weighted by Gasteiger charge is -2.15. The first-order valence-corrected chi connectivity index (χ1v) is 8.68. The Morgan fingerprint density at radius 3 is 2.79 bits per heavy atom. The van der Waals surface area contributed by atoms with E-state index in [4.69, 9.17) is 4.74 Å². The maximum absolute atomic E-state index is 12.5. The largest absolute Gasteiger partial charge is 0.494 e. The number of aryl methyl sites for hydroxylation is 2. The quantitative estimate of drug-likeness (QED) is 0.819. The van der Waals surface area contributed by atoms with Crippen LogP contribution in [0.5, 0.6) is 5.75 Å². The fourth-order valence-electron chi connectivity index (χ4n) is 3.04. The monoisotopic (exact) mass is 327 g/mol. The first-order chi connectivity index (χ1) is 11.7. The van der Waals surface area contributed by atoms with E-state index in [-0.39, 0.29) is 5.91 Å². The van der Waals surface area contributed by atoms with E-state index >= 15 is 0 Å². The van der Waals surface area contributed by atoms with Crippen LogP contribution in [0.15, 0.2) is 36.5 Å². The molecule has 1 atom stereocenters. The molecule has 1 aliphatic rings. The molecule has 128 valence electrons. The van der Waals surface area contributed by atoms with E-state index in [1.54, 1.807) is 10.7 Å². The first kappa shape index (κ1) is 16.6. The molecular weight excluding hydrogens is 302 g/mol. The molecule has 0 radical (unpaired) electrons. The second-order valence-corrected chi connectivity index (χ2v) is 6.41. The lowest BCUT2D eigenvalue weighted by atomic mass is 10.1. The summed E-state index contributed by atoms with van der Waals surface area (Å²) in [6.07, 6.45) is 3.87. The molecule has 0 N–H and O–H groups in total. The van der Waals surface area contributed by atoms with Crippen molar-refractivity contribution in [2.45, 2.75) is 33.2 Å². The van der Waals surface area contributed by atoms with Gasteiger partial charge in [0.05, 0.1) is 6.61 Å². The minimum absolute atomic E-state index is 0.0455. The minimum atomic E-state index is 0.0455. The number of carbonyl (C=O) groups is 1. The summed E-state index contributed by atoms with van der Waals surface area (Å²) < 4.78 is 7.59. The number of nitrogens with zero attached hydrogens (tertiary/aromatic N) is 3. The Kier molecular flexibility index (Phi) is 5.18. The number of hydrogen-bond acceptors (Lipinski definition) is 3. The summed E-state index contributed by atoms with van der Waals surface area (Å²) in [6.45, 7) is 7.17. The van der Waals surface area contributed by atoms with E-state index in [0.717, 1.165) is 38.2 Å². The van der Waals surface area contributed by atoms with Crippen molar-refractivity contribution in [3.05, 3.63) is 47.8 Å². The highest BCUT2D eigenvalue weighted by molar-refractivity contribution is 5.92. The first-order valence-electron chi connectivity index (χ1n) is 8.68. The van der Waals surface area contributed by atoms with Crippen molar-refractivity contribution in [3.63, 3.8) is 0 Å². The van der Waals surface area contributed by atoms with E-state index in [1.807, 2.05) is 30.2 Å². The van der Waals surface area contributed by atoms with Crippen LogP contribution >= 0.6 is 0 Å². The molecule has 1 aliphatic heterocycles. The summed E-state index contributed by atoms with van der Waals surface area (Å²) in [5.74, 6) is 1.47. The molecular formula is C19H25N3O2. The predicted octanol–water partition coefficient (Wildman–Crippen LogP) is 3.14. The van der Waals surface area contributed by atoms with Gasteiger partial charge in [-0.1, -0.05) is 17.7 Å². The van der Waals surface area contributed by atoms with Crippen molar-refractivity contribution in [3.8, 4) is 5.75 Å². The number of likely N-dealkylation sites (tertiary alicyclic amines) is 1. The maximum Gasteiger partial charge on any atom is 0.274 e. The zero-order chi connectivity index (χ0) is 16.9. The van der Waals surface area contributed by atoms with Crippen molar-refractivity contribution in [2.24, 2.45) is 5.92 Å². The zero-order valence-electron chi connectivity index (χ0n) is 14.4. The molecule has 5 nitrogen and oxygen atoms in total. The van der Waals surface area contributed by atoms with E-state index in [2.05, 4.69) is 24.2 Å². The second-order valence-electron chi connectivity index (χ2n) is 6.41. The Balaban J connectivity index is 1.45. The molecule has 1 aromatic heterocycles. The molecule has 1 amide bonds. The van der Waals surface area contributed by atoms with Gasteiger partial charge in [-0.05, 0) is 50.8 Å². The van der Waals surface area contributed by atoms with E-state index in [1.165, 1.54) is 5.56 Å². The van der Waals surface area contributed by atoms with Gasteiger partial charge in [0, 0.05) is 25.8 Å². The minimum Gasteiger partial charge on any atom is -0.494 e. The number of ether oxygens (including phenoxy) is 1. The third-order valence-electron chi connectivity index (χ3n) is 4.57. The van der Waals surface area contributed by atoms with Crippen LogP contribution in [0.1, 0.15) is 35.8 Å². The molecule has 0 saturated carbocycles. The zero-order valence-corrected chi connectivity index (χ0v) is 14.4. The summed E-state index contributed by atoms with van der Waals surface area (Å²) in [7, 11) is 0. The van der Waals surface area contributed by atoms with Crippen LogP contribution in [0.4, 0.5) is 0 Å². The van der Waals surface area contributed by atoms with Crippen LogP contribution in [0.25, 0.3) is 0 Å². The average molecular weight is 327 g/mol. The maximum atomic E-state index is 12.5. The van der Waals surface area contributed by atoms with Crippen molar-refractivity contribution in [1.29, 1.82) is 0 Å². The van der Waals surface area contributed by atoms with Gasteiger partial charge in [0.1, 0.15) is 11.4 Å². The van der Waals surface area contributed by atoms with Crippen LogP contribution in [-0.2, 0) is 6.54 Å². The molecule has 5 heteroatoms. The molecule has 1 fully saturated rings. The summed E-state index contributed by atoms with van der Waals surface area (Å²) in [6, 6.07) is 9.93. The lowest BCUT2D eigenvalue weighted by Crippen LogP contribution is -2.29. The van der Waals surface area contributed by atoms with E-state index in [9.17, 15) is 4.79 Å². The van der Waals surface area contributed by atoms with Gasteiger partial charge in [-0.15, -0.1) is 0 Å². The third-order valence-corrected chi connectivity index (χ3v) is 4.57. The fourth-order valence-corrected chi connectivity index (χ4v) is 3.04. The van der Waals surface area contributed by atoms with Crippen LogP contribution in [-0.4, -0.2) is 40.3 Å². The standard InChI is InChI=1S/C19H25N3O2/c1-3-22-12-9-18(20-22)19(23)21-11-8-16(14-21)10-13-24-17-6-4-15(2)5-7-17/h4-7,9,12,16H,3,8,10-11,13-14H2,1-2H3. The van der Waals surface area contributed by atoms with Crippen LogP contribution < -0.4 is 4.74 Å². The number of carbonyl (C=O) groups excluding carboxylic acids is 1. The summed E-state index contributed by atoms with van der Waals surface area (Å²) in [5.41, 5.74) is 1.78. The molecule has 0 bridgehead atoms. The van der Waals surface area contributed by atoms with E-state index in [0.29, 0.717) is 18.2 Å². The van der Waals surface area contributed by atoms with Crippen LogP contribution in [0, 0.1) is 12.8 Å². The van der Waals surface area contributed by atoms with E-state index < -0.39 is 0 Å². The molecule has 2 heterocycles. The van der Waals surface area contributed by atoms with Crippen molar-refractivity contribution in [2.75, 3.05) is 19.7 Å². The summed E-state index contributed by atoms with van der Waals surface area (Å²) in [4.78, 5) is 14.4. The number of hydrogen-bond donors (Lipinski definition) is 0. The smallest absolute Gasteiger partial charge is 0.274 e.